The molecule has 1 nitrogen and oxygen atoms in total. The average Bonchev–Trinajstić information content (AvgIpc) is 3.50. The van der Waals surface area contributed by atoms with Crippen LogP contribution in [0.3, 0.4) is 0 Å². The summed E-state index contributed by atoms with van der Waals surface area (Å²) in [5.41, 5.74) is 6.47. The van der Waals surface area contributed by atoms with E-state index in [2.05, 4.69) is 127 Å². The molecule has 0 saturated carbocycles. The summed E-state index contributed by atoms with van der Waals surface area (Å²) in [4.78, 5) is 0. The summed E-state index contributed by atoms with van der Waals surface area (Å²) in [6, 6.07) is 30.3. The molecule has 0 bridgehead atoms. The third-order valence-corrected chi connectivity index (χ3v) is 5.81. The van der Waals surface area contributed by atoms with Gasteiger partial charge >= 0.3 is 26.2 Å². The minimum absolute atomic E-state index is 0. The van der Waals surface area contributed by atoms with Crippen molar-refractivity contribution in [2.75, 3.05) is 6.38 Å². The number of halogens is 1. The Morgan fingerprint density at radius 1 is 0.812 bits per heavy atom. The molecule has 3 heteroatoms. The summed E-state index contributed by atoms with van der Waals surface area (Å²) in [5, 5.41) is 5.20. The summed E-state index contributed by atoms with van der Waals surface area (Å²) in [6.07, 6.45) is 7.88. The zero-order chi connectivity index (χ0) is 21.8. The molecule has 0 spiro atoms. The maximum Gasteiger partial charge on any atom is 2.00 e. The first-order valence-electron chi connectivity index (χ1n) is 10.5. The van der Waals surface area contributed by atoms with Crippen LogP contribution in [0.1, 0.15) is 20.3 Å². The molecule has 4 aromatic carbocycles. The number of nitrogens with zero attached hydrogens (tertiary/aromatic N) is 1. The molecule has 0 aliphatic heterocycles. The molecule has 0 amide bonds. The van der Waals surface area contributed by atoms with Crippen molar-refractivity contribution >= 4 is 44.2 Å². The Balaban J connectivity index is 0.000000248. The predicted molar refractivity (Wildman–Crippen MR) is 136 cm³/mol. The van der Waals surface area contributed by atoms with Crippen LogP contribution in [0.15, 0.2) is 102 Å². The van der Waals surface area contributed by atoms with Gasteiger partial charge in [0.15, 0.2) is 0 Å². The quantitative estimate of drug-likeness (QED) is 0.156. The van der Waals surface area contributed by atoms with E-state index in [4.69, 9.17) is 0 Å². The van der Waals surface area contributed by atoms with E-state index in [1.807, 2.05) is 0 Å². The van der Waals surface area contributed by atoms with Gasteiger partial charge in [-0.15, -0.1) is 66.0 Å². The molecule has 0 atom stereocenters. The maximum atomic E-state index is 4.64. The first kappa shape index (κ1) is 24.4. The average molecular weight is 515 g/mol. The Labute approximate surface area is 214 Å². The predicted octanol–water partition coefficient (Wildman–Crippen LogP) is 8.59. The largest absolute Gasteiger partial charge is 2.00 e. The standard InChI is InChI=1S/C21H14N.C7H9.CH3Cl.Zr/c1-2-8-16-14-17(13-15(16)7-1)22-20-11-5-3-9-18(20)19-10-4-6-12-21(19)22;1-6-4-3-5-7(6)2;1-2;/h1-14H;4H,3H2,1-2H3;1H3;/q2*-1;;+2. The Bertz CT molecular complexity index is 1300. The third kappa shape index (κ3) is 4.73. The molecule has 6 rings (SSSR count). The summed E-state index contributed by atoms with van der Waals surface area (Å²) in [7, 11) is 0. The second kappa shape index (κ2) is 11.0. The van der Waals surface area contributed by atoms with E-state index < -0.39 is 0 Å². The smallest absolute Gasteiger partial charge is 0.328 e. The van der Waals surface area contributed by atoms with Gasteiger partial charge in [-0.25, -0.2) is 11.1 Å². The van der Waals surface area contributed by atoms with Crippen molar-refractivity contribution < 1.29 is 26.2 Å². The van der Waals surface area contributed by atoms with Gasteiger partial charge in [-0.1, -0.05) is 49.4 Å². The van der Waals surface area contributed by atoms with Gasteiger partial charge in [0.25, 0.3) is 0 Å². The van der Waals surface area contributed by atoms with Crippen LogP contribution in [0.5, 0.6) is 0 Å². The van der Waals surface area contributed by atoms with Crippen LogP contribution in [0.2, 0.25) is 0 Å². The van der Waals surface area contributed by atoms with Crippen LogP contribution < -0.4 is 0 Å². The van der Waals surface area contributed by atoms with E-state index in [9.17, 15) is 0 Å². The number of hydrogen-bond acceptors (Lipinski definition) is 0. The monoisotopic (exact) mass is 513 g/mol. The van der Waals surface area contributed by atoms with Crippen LogP contribution >= 0.6 is 11.6 Å². The molecule has 0 saturated heterocycles. The zero-order valence-corrected chi connectivity index (χ0v) is 21.9. The van der Waals surface area contributed by atoms with Crippen molar-refractivity contribution in [1.29, 1.82) is 0 Å². The Kier molecular flexibility index (Phi) is 8.40. The number of allylic oxidation sites excluding steroid dienone is 4. The molecule has 32 heavy (non-hydrogen) atoms. The number of fused-ring (bicyclic) bond motifs is 4. The van der Waals surface area contributed by atoms with Crippen molar-refractivity contribution in [3.8, 4) is 5.69 Å². The number of para-hydroxylation sites is 2. The second-order valence-electron chi connectivity index (χ2n) is 7.61. The van der Waals surface area contributed by atoms with Crippen LogP contribution in [-0.2, 0) is 26.2 Å². The first-order valence-corrected chi connectivity index (χ1v) is 11.2. The number of hydrogen-bond donors (Lipinski definition) is 0. The molecule has 0 radical (unpaired) electrons. The normalized spacial score (nSPS) is 12.4. The van der Waals surface area contributed by atoms with Gasteiger partial charge in [0.05, 0.1) is 11.0 Å². The number of aromatic nitrogens is 1. The fourth-order valence-corrected chi connectivity index (χ4v) is 4.11. The topological polar surface area (TPSA) is 4.93 Å². The molecule has 0 fully saturated rings. The Morgan fingerprint density at radius 2 is 1.38 bits per heavy atom. The van der Waals surface area contributed by atoms with Gasteiger partial charge in [-0.05, 0) is 17.8 Å². The number of benzene rings is 3. The molecule has 1 aliphatic carbocycles. The van der Waals surface area contributed by atoms with E-state index >= 15 is 0 Å². The minimum atomic E-state index is 0. The Morgan fingerprint density at radius 3 is 1.88 bits per heavy atom. The van der Waals surface area contributed by atoms with Gasteiger partial charge in [-0.3, -0.25) is 6.08 Å². The van der Waals surface area contributed by atoms with E-state index in [1.54, 1.807) is 0 Å². The molecule has 0 N–H and O–H groups in total. The van der Waals surface area contributed by atoms with Crippen molar-refractivity contribution in [2.24, 2.45) is 0 Å². The van der Waals surface area contributed by atoms with Gasteiger partial charge in [-0.2, -0.15) is 6.08 Å². The maximum absolute atomic E-state index is 4.64. The van der Waals surface area contributed by atoms with Gasteiger partial charge in [0.1, 0.15) is 0 Å². The van der Waals surface area contributed by atoms with Gasteiger partial charge in [0, 0.05) is 17.2 Å². The molecular weight excluding hydrogens is 489 g/mol. The van der Waals surface area contributed by atoms with E-state index in [1.165, 1.54) is 55.8 Å². The van der Waals surface area contributed by atoms with Crippen LogP contribution in [0.4, 0.5) is 0 Å². The minimum Gasteiger partial charge on any atom is -0.328 e. The molecule has 1 aromatic heterocycles. The molecule has 1 aliphatic rings. The summed E-state index contributed by atoms with van der Waals surface area (Å²) in [6.45, 7) is 4.22. The van der Waals surface area contributed by atoms with Crippen LogP contribution in [-0.4, -0.2) is 11.0 Å². The van der Waals surface area contributed by atoms with E-state index in [0.29, 0.717) is 0 Å². The zero-order valence-electron chi connectivity index (χ0n) is 18.7. The molecule has 5 aromatic rings. The van der Waals surface area contributed by atoms with Crippen molar-refractivity contribution in [2.45, 2.75) is 20.3 Å². The summed E-state index contributed by atoms with van der Waals surface area (Å²) in [5.74, 6) is 0. The fourth-order valence-electron chi connectivity index (χ4n) is 4.11. The van der Waals surface area contributed by atoms with Crippen molar-refractivity contribution in [3.63, 3.8) is 0 Å². The van der Waals surface area contributed by atoms with E-state index in [-0.39, 0.29) is 26.2 Å². The second-order valence-corrected chi connectivity index (χ2v) is 7.61. The first-order chi connectivity index (χ1) is 15.2. The molecular formula is C29H26ClNZr. The van der Waals surface area contributed by atoms with E-state index in [0.717, 1.165) is 6.42 Å². The Hall–Kier alpha value is -2.28. The summed E-state index contributed by atoms with van der Waals surface area (Å²) < 4.78 is 2.37. The van der Waals surface area contributed by atoms with Crippen molar-refractivity contribution in [1.82, 2.24) is 4.57 Å². The molecule has 0 unspecified atom stereocenters. The van der Waals surface area contributed by atoms with Gasteiger partial charge < -0.3 is 4.57 Å². The van der Waals surface area contributed by atoms with Crippen LogP contribution in [0.25, 0.3) is 38.3 Å². The number of rotatable bonds is 1. The van der Waals surface area contributed by atoms with Crippen molar-refractivity contribution in [3.05, 3.63) is 108 Å². The van der Waals surface area contributed by atoms with Crippen LogP contribution in [0, 0.1) is 6.08 Å². The fraction of sp³-hybridized carbons (Fsp3) is 0.138. The SMILES string of the molecule is CC1=[C-]CC=C1C.CCl.[Zr+2].c1ccc2[cH-]c(-n3c4ccccc4c4ccccc43)cc2c1. The number of alkyl halides is 1. The van der Waals surface area contributed by atoms with Gasteiger partial charge in [0.2, 0.25) is 0 Å². The molecule has 1 heterocycles. The third-order valence-electron chi connectivity index (χ3n) is 5.81. The molecule has 158 valence electrons. The summed E-state index contributed by atoms with van der Waals surface area (Å²) >= 11 is 4.64.